The number of rotatable bonds is 5. The summed E-state index contributed by atoms with van der Waals surface area (Å²) >= 11 is 0. The topological polar surface area (TPSA) is 94.3 Å². The van der Waals surface area contributed by atoms with Gasteiger partial charge in [0.05, 0.1) is 23.1 Å². The minimum atomic E-state index is -0.584. The molecule has 0 saturated heterocycles. The first-order valence-corrected chi connectivity index (χ1v) is 6.22. The van der Waals surface area contributed by atoms with Gasteiger partial charge in [0.1, 0.15) is 0 Å². The lowest BCUT2D eigenvalue weighted by Crippen LogP contribution is -2.30. The third kappa shape index (κ3) is 3.94. The van der Waals surface area contributed by atoms with Gasteiger partial charge in [-0.15, -0.1) is 0 Å². The largest absolute Gasteiger partial charge is 0.452 e. The van der Waals surface area contributed by atoms with Crippen molar-refractivity contribution in [1.82, 2.24) is 10.3 Å². The molecule has 0 aliphatic heterocycles. The molecule has 1 aliphatic rings. The van der Waals surface area contributed by atoms with Gasteiger partial charge in [0, 0.05) is 6.54 Å². The molecule has 0 aromatic carbocycles. The third-order valence-electron chi connectivity index (χ3n) is 2.95. The molecule has 0 atom stereocenters. The predicted octanol–water partition coefficient (Wildman–Crippen LogP) is 0.655. The molecule has 0 radical (unpaired) electrons. The second kappa shape index (κ2) is 5.69. The van der Waals surface area contributed by atoms with Crippen molar-refractivity contribution in [3.63, 3.8) is 0 Å². The van der Waals surface area contributed by atoms with Gasteiger partial charge in [-0.05, 0) is 31.7 Å². The number of hydrogen-bond acceptors (Lipinski definition) is 5. The van der Waals surface area contributed by atoms with E-state index in [9.17, 15) is 9.59 Å². The van der Waals surface area contributed by atoms with Gasteiger partial charge in [-0.25, -0.2) is 4.79 Å². The highest BCUT2D eigenvalue weighted by atomic mass is 16.5. The Kier molecular flexibility index (Phi) is 3.99. The first kappa shape index (κ1) is 13.3. The third-order valence-corrected chi connectivity index (χ3v) is 2.95. The van der Waals surface area contributed by atoms with Crippen LogP contribution in [-0.2, 0) is 9.53 Å². The van der Waals surface area contributed by atoms with Crippen LogP contribution in [0.5, 0.6) is 0 Å². The zero-order valence-electron chi connectivity index (χ0n) is 10.8. The number of aryl methyl sites for hydroxylation is 1. The van der Waals surface area contributed by atoms with E-state index in [1.54, 1.807) is 6.92 Å². The molecule has 0 spiro atoms. The SMILES string of the molecule is Cc1ncc(N)cc1C(=O)OCC(=O)NCC1CC1. The van der Waals surface area contributed by atoms with Gasteiger partial charge in [0.2, 0.25) is 0 Å². The lowest BCUT2D eigenvalue weighted by Gasteiger charge is -2.07. The standard InChI is InChI=1S/C13H17N3O3/c1-8-11(4-10(14)6-15-8)13(18)19-7-12(17)16-5-9-2-3-9/h4,6,9H,2-3,5,7,14H2,1H3,(H,16,17). The quantitative estimate of drug-likeness (QED) is 0.761. The number of nitrogen functional groups attached to an aromatic ring is 1. The number of ether oxygens (including phenoxy) is 1. The van der Waals surface area contributed by atoms with Crippen molar-refractivity contribution in [1.29, 1.82) is 0 Å². The molecular weight excluding hydrogens is 246 g/mol. The maximum absolute atomic E-state index is 11.8. The van der Waals surface area contributed by atoms with Crippen LogP contribution in [0.2, 0.25) is 0 Å². The minimum Gasteiger partial charge on any atom is -0.452 e. The summed E-state index contributed by atoms with van der Waals surface area (Å²) < 4.78 is 4.93. The zero-order valence-corrected chi connectivity index (χ0v) is 10.8. The summed E-state index contributed by atoms with van der Waals surface area (Å²) in [4.78, 5) is 27.2. The summed E-state index contributed by atoms with van der Waals surface area (Å²) in [5.41, 5.74) is 6.76. The number of nitrogens with one attached hydrogen (secondary N) is 1. The molecule has 1 aliphatic carbocycles. The van der Waals surface area contributed by atoms with Crippen LogP contribution in [0.25, 0.3) is 0 Å². The molecule has 0 unspecified atom stereocenters. The van der Waals surface area contributed by atoms with Crippen LogP contribution in [0.3, 0.4) is 0 Å². The number of amides is 1. The summed E-state index contributed by atoms with van der Waals surface area (Å²) in [5.74, 6) is -0.270. The molecule has 6 nitrogen and oxygen atoms in total. The van der Waals surface area contributed by atoms with Crippen LogP contribution in [0.4, 0.5) is 5.69 Å². The first-order valence-electron chi connectivity index (χ1n) is 6.22. The molecule has 3 N–H and O–H groups in total. The van der Waals surface area contributed by atoms with Crippen molar-refractivity contribution in [2.24, 2.45) is 5.92 Å². The van der Waals surface area contributed by atoms with E-state index in [0.29, 0.717) is 23.8 Å². The van der Waals surface area contributed by atoms with Crippen LogP contribution < -0.4 is 11.1 Å². The van der Waals surface area contributed by atoms with Gasteiger partial charge in [-0.2, -0.15) is 0 Å². The average Bonchev–Trinajstić information content (AvgIpc) is 3.20. The van der Waals surface area contributed by atoms with Crippen LogP contribution in [-0.4, -0.2) is 30.0 Å². The van der Waals surface area contributed by atoms with Crippen LogP contribution in [0.15, 0.2) is 12.3 Å². The number of anilines is 1. The second-order valence-electron chi connectivity index (χ2n) is 4.73. The number of carbonyl (C=O) groups is 2. The molecule has 0 bridgehead atoms. The Morgan fingerprint density at radius 1 is 1.53 bits per heavy atom. The van der Waals surface area contributed by atoms with Gasteiger partial charge in [0.15, 0.2) is 6.61 Å². The Labute approximate surface area is 111 Å². The Morgan fingerprint density at radius 2 is 2.26 bits per heavy atom. The molecule has 19 heavy (non-hydrogen) atoms. The Balaban J connectivity index is 1.82. The molecular formula is C13H17N3O3. The molecule has 1 aromatic rings. The normalized spacial score (nSPS) is 13.9. The number of carbonyl (C=O) groups excluding carboxylic acids is 2. The fourth-order valence-electron chi connectivity index (χ4n) is 1.60. The van der Waals surface area contributed by atoms with E-state index >= 15 is 0 Å². The summed E-state index contributed by atoms with van der Waals surface area (Å²) in [7, 11) is 0. The maximum atomic E-state index is 11.8. The van der Waals surface area contributed by atoms with Gasteiger partial charge in [-0.1, -0.05) is 0 Å². The van der Waals surface area contributed by atoms with E-state index in [4.69, 9.17) is 10.5 Å². The lowest BCUT2D eigenvalue weighted by atomic mass is 10.2. The molecule has 1 amide bonds. The number of hydrogen-bond donors (Lipinski definition) is 2. The molecule has 2 rings (SSSR count). The molecule has 1 saturated carbocycles. The number of nitrogens with two attached hydrogens (primary N) is 1. The van der Waals surface area contributed by atoms with Gasteiger partial charge in [-0.3, -0.25) is 9.78 Å². The number of aromatic nitrogens is 1. The highest BCUT2D eigenvalue weighted by Gasteiger charge is 2.22. The van der Waals surface area contributed by atoms with E-state index in [0.717, 1.165) is 12.8 Å². The highest BCUT2D eigenvalue weighted by molar-refractivity contribution is 5.93. The van der Waals surface area contributed by atoms with Crippen molar-refractivity contribution < 1.29 is 14.3 Å². The van der Waals surface area contributed by atoms with Gasteiger partial charge in [0.25, 0.3) is 5.91 Å². The Morgan fingerprint density at radius 3 is 2.95 bits per heavy atom. The first-order chi connectivity index (χ1) is 9.06. The average molecular weight is 263 g/mol. The molecule has 6 heteroatoms. The van der Waals surface area contributed by atoms with Crippen molar-refractivity contribution in [2.45, 2.75) is 19.8 Å². The smallest absolute Gasteiger partial charge is 0.340 e. The Bertz CT molecular complexity index is 498. The number of nitrogens with zero attached hydrogens (tertiary/aromatic N) is 1. The van der Waals surface area contributed by atoms with Crippen molar-refractivity contribution in [3.05, 3.63) is 23.5 Å². The monoisotopic (exact) mass is 263 g/mol. The van der Waals surface area contributed by atoms with Crippen molar-refractivity contribution in [3.8, 4) is 0 Å². The summed E-state index contributed by atoms with van der Waals surface area (Å²) in [6.45, 7) is 2.07. The van der Waals surface area contributed by atoms with E-state index in [2.05, 4.69) is 10.3 Å². The van der Waals surface area contributed by atoms with Gasteiger partial charge < -0.3 is 15.8 Å². The van der Waals surface area contributed by atoms with E-state index < -0.39 is 5.97 Å². The summed E-state index contributed by atoms with van der Waals surface area (Å²) in [6.07, 6.45) is 3.79. The molecule has 102 valence electrons. The van der Waals surface area contributed by atoms with Crippen LogP contribution in [0.1, 0.15) is 28.9 Å². The maximum Gasteiger partial charge on any atom is 0.340 e. The van der Waals surface area contributed by atoms with Crippen molar-refractivity contribution in [2.75, 3.05) is 18.9 Å². The van der Waals surface area contributed by atoms with Crippen molar-refractivity contribution >= 4 is 17.6 Å². The summed E-state index contributed by atoms with van der Waals surface area (Å²) in [5, 5.41) is 2.72. The Hall–Kier alpha value is -2.11. The van der Waals surface area contributed by atoms with Gasteiger partial charge >= 0.3 is 5.97 Å². The number of esters is 1. The van der Waals surface area contributed by atoms with E-state index in [-0.39, 0.29) is 18.1 Å². The lowest BCUT2D eigenvalue weighted by molar-refractivity contribution is -0.124. The molecule has 1 heterocycles. The second-order valence-corrected chi connectivity index (χ2v) is 4.73. The predicted molar refractivity (Wildman–Crippen MR) is 69.4 cm³/mol. The summed E-state index contributed by atoms with van der Waals surface area (Å²) in [6, 6.07) is 1.49. The van der Waals surface area contributed by atoms with Crippen LogP contribution in [0, 0.1) is 12.8 Å². The number of pyridine rings is 1. The fourth-order valence-corrected chi connectivity index (χ4v) is 1.60. The van der Waals surface area contributed by atoms with Crippen LogP contribution >= 0.6 is 0 Å². The fraction of sp³-hybridized carbons (Fsp3) is 0.462. The van der Waals surface area contributed by atoms with E-state index in [1.807, 2.05) is 0 Å². The zero-order chi connectivity index (χ0) is 13.8. The molecule has 1 fully saturated rings. The highest BCUT2D eigenvalue weighted by Crippen LogP contribution is 2.27. The minimum absolute atomic E-state index is 0.278. The molecule has 1 aromatic heterocycles. The van der Waals surface area contributed by atoms with E-state index in [1.165, 1.54) is 12.3 Å².